The minimum absolute atomic E-state index is 0.00153. The van der Waals surface area contributed by atoms with Crippen LogP contribution in [0.15, 0.2) is 24.0 Å². The topological polar surface area (TPSA) is 124 Å². The zero-order valence-electron chi connectivity index (χ0n) is 25.9. The first kappa shape index (κ1) is 34.4. The van der Waals surface area contributed by atoms with Crippen molar-refractivity contribution >= 4 is 11.9 Å². The van der Waals surface area contributed by atoms with Crippen LogP contribution < -0.4 is 9.47 Å². The summed E-state index contributed by atoms with van der Waals surface area (Å²) in [6, 6.07) is 4.05. The van der Waals surface area contributed by atoms with Crippen LogP contribution in [0, 0.1) is 0 Å². The molecule has 1 aromatic rings. The van der Waals surface area contributed by atoms with Gasteiger partial charge in [0.15, 0.2) is 23.7 Å². The van der Waals surface area contributed by atoms with Gasteiger partial charge in [-0.1, -0.05) is 20.8 Å². The number of ether oxygens (including phenoxy) is 5. The monoisotopic (exact) mass is 579 g/mol. The van der Waals surface area contributed by atoms with Crippen molar-refractivity contribution in [2.45, 2.75) is 103 Å². The molecule has 41 heavy (non-hydrogen) atoms. The van der Waals surface area contributed by atoms with Crippen LogP contribution in [0.25, 0.3) is 0 Å². The Morgan fingerprint density at radius 2 is 1.80 bits per heavy atom. The standard InChI is InChI=1S/C26H37NO7.C3H6O2.C2H6/c1-5-10-27-11-8-16-12-20-21(33-15-32-20)13-17(16)23-18(27)14-22(31-4)24(23)34-25(29)19(28)7-6-9-26(2,3)30;1-3(4)5-2;1-2/h12-14,18-19,23-24,28,30H,5-11,15H2,1-4H3;1-2H3;1-2H3/t18-,19-,23-,24+;;/m0../s1. The molecule has 1 aliphatic carbocycles. The predicted molar refractivity (Wildman–Crippen MR) is 155 cm³/mol. The van der Waals surface area contributed by atoms with Gasteiger partial charge >= 0.3 is 11.9 Å². The van der Waals surface area contributed by atoms with Gasteiger partial charge in [0.1, 0.15) is 5.76 Å². The largest absolute Gasteiger partial charge is 0.497 e. The second-order valence-corrected chi connectivity index (χ2v) is 10.8. The summed E-state index contributed by atoms with van der Waals surface area (Å²) in [4.78, 5) is 24.9. The van der Waals surface area contributed by atoms with Crippen molar-refractivity contribution in [2.24, 2.45) is 0 Å². The summed E-state index contributed by atoms with van der Waals surface area (Å²) >= 11 is 0. The maximum absolute atomic E-state index is 12.9. The number of methoxy groups -OCH3 is 2. The molecule has 0 unspecified atom stereocenters. The number of fused-ring (bicyclic) bond motifs is 4. The second-order valence-electron chi connectivity index (χ2n) is 10.8. The summed E-state index contributed by atoms with van der Waals surface area (Å²) in [5, 5.41) is 20.4. The molecule has 0 fully saturated rings. The van der Waals surface area contributed by atoms with Gasteiger partial charge in [0.05, 0.1) is 19.8 Å². The van der Waals surface area contributed by atoms with E-state index in [1.54, 1.807) is 21.0 Å². The Kier molecular flexibility index (Phi) is 13.4. The first-order valence-electron chi connectivity index (χ1n) is 14.6. The summed E-state index contributed by atoms with van der Waals surface area (Å²) in [5.74, 6) is 0.944. The van der Waals surface area contributed by atoms with Crippen LogP contribution in [-0.2, 0) is 30.2 Å². The smallest absolute Gasteiger partial charge is 0.335 e. The second kappa shape index (κ2) is 16.0. The van der Waals surface area contributed by atoms with Gasteiger partial charge in [-0.15, -0.1) is 0 Å². The first-order chi connectivity index (χ1) is 19.5. The maximum Gasteiger partial charge on any atom is 0.335 e. The molecule has 10 heteroatoms. The molecule has 4 atom stereocenters. The van der Waals surface area contributed by atoms with Crippen LogP contribution in [0.1, 0.15) is 84.3 Å². The number of hydrogen-bond donors (Lipinski definition) is 2. The summed E-state index contributed by atoms with van der Waals surface area (Å²) in [7, 11) is 2.94. The Labute approximate surface area is 244 Å². The lowest BCUT2D eigenvalue weighted by molar-refractivity contribution is -0.160. The molecule has 3 aliphatic rings. The molecule has 4 rings (SSSR count). The number of aliphatic hydroxyl groups is 2. The molecule has 2 aliphatic heterocycles. The van der Waals surface area contributed by atoms with Crippen molar-refractivity contribution in [1.29, 1.82) is 0 Å². The summed E-state index contributed by atoms with van der Waals surface area (Å²) < 4.78 is 27.0. The number of benzene rings is 1. The summed E-state index contributed by atoms with van der Waals surface area (Å²) in [6.45, 7) is 12.9. The molecule has 232 valence electrons. The van der Waals surface area contributed by atoms with E-state index < -0.39 is 23.8 Å². The van der Waals surface area contributed by atoms with Gasteiger partial charge in [-0.05, 0) is 81.8 Å². The summed E-state index contributed by atoms with van der Waals surface area (Å²) in [5.41, 5.74) is 1.37. The SMILES string of the molecule is CC.CCCN1CCc2cc3c(cc2[C@@H]2[C@H](OC(=O)[C@@H](O)CCCC(C)(C)O)C(OC)=C[C@@H]21)OCO3.COC(C)=O. The average molecular weight is 580 g/mol. The lowest BCUT2D eigenvalue weighted by atomic mass is 9.87. The Hall–Kier alpha value is -2.82. The van der Waals surface area contributed by atoms with Crippen LogP contribution in [0.3, 0.4) is 0 Å². The molecule has 0 saturated heterocycles. The number of nitrogens with zero attached hydrogens (tertiary/aromatic N) is 1. The highest BCUT2D eigenvalue weighted by molar-refractivity contribution is 5.75. The number of hydrogen-bond acceptors (Lipinski definition) is 10. The van der Waals surface area contributed by atoms with Crippen molar-refractivity contribution in [2.75, 3.05) is 34.1 Å². The fourth-order valence-corrected chi connectivity index (χ4v) is 5.26. The molecule has 0 bridgehead atoms. The van der Waals surface area contributed by atoms with Crippen molar-refractivity contribution in [1.82, 2.24) is 4.90 Å². The van der Waals surface area contributed by atoms with Gasteiger partial charge in [-0.3, -0.25) is 9.69 Å². The van der Waals surface area contributed by atoms with Gasteiger partial charge in [0, 0.05) is 25.4 Å². The first-order valence-corrected chi connectivity index (χ1v) is 14.6. The van der Waals surface area contributed by atoms with Crippen molar-refractivity contribution in [3.05, 3.63) is 35.1 Å². The Morgan fingerprint density at radius 3 is 2.37 bits per heavy atom. The summed E-state index contributed by atoms with van der Waals surface area (Å²) in [6.07, 6.45) is 3.24. The third-order valence-electron chi connectivity index (χ3n) is 7.21. The highest BCUT2D eigenvalue weighted by Gasteiger charge is 2.47. The van der Waals surface area contributed by atoms with Crippen molar-refractivity contribution < 1.29 is 43.5 Å². The highest BCUT2D eigenvalue weighted by atomic mass is 16.7. The fraction of sp³-hybridized carbons (Fsp3) is 0.677. The molecular weight excluding hydrogens is 530 g/mol. The van der Waals surface area contributed by atoms with Gasteiger partial charge < -0.3 is 33.9 Å². The zero-order valence-corrected chi connectivity index (χ0v) is 25.9. The predicted octanol–water partition coefficient (Wildman–Crippen LogP) is 4.10. The van der Waals surface area contributed by atoms with E-state index in [0.29, 0.717) is 24.4 Å². The Balaban J connectivity index is 0.000000759. The van der Waals surface area contributed by atoms with E-state index in [0.717, 1.165) is 42.8 Å². The van der Waals surface area contributed by atoms with E-state index in [1.807, 2.05) is 26.0 Å². The molecule has 0 spiro atoms. The van der Waals surface area contributed by atoms with Gasteiger partial charge in [0.2, 0.25) is 6.79 Å². The molecule has 1 aromatic carbocycles. The van der Waals surface area contributed by atoms with Crippen LogP contribution in [0.5, 0.6) is 11.5 Å². The Morgan fingerprint density at radius 1 is 1.17 bits per heavy atom. The lowest BCUT2D eigenvalue weighted by Crippen LogP contribution is -2.40. The maximum atomic E-state index is 12.9. The normalized spacial score (nSPS) is 21.4. The lowest BCUT2D eigenvalue weighted by Gasteiger charge is -2.32. The average Bonchev–Trinajstić information content (AvgIpc) is 3.51. The number of esters is 2. The van der Waals surface area contributed by atoms with Crippen LogP contribution in [0.2, 0.25) is 0 Å². The number of carbonyl (C=O) groups excluding carboxylic acids is 2. The third-order valence-corrected chi connectivity index (χ3v) is 7.21. The molecular formula is C31H49NO9. The van der Waals surface area contributed by atoms with Crippen LogP contribution in [-0.4, -0.2) is 85.0 Å². The molecule has 0 aromatic heterocycles. The third kappa shape index (κ3) is 9.34. The molecule has 2 heterocycles. The number of aliphatic hydroxyl groups excluding tert-OH is 1. The molecule has 0 saturated carbocycles. The quantitative estimate of drug-likeness (QED) is 0.413. The molecule has 2 N–H and O–H groups in total. The minimum Gasteiger partial charge on any atom is -0.497 e. The van der Waals surface area contributed by atoms with Gasteiger partial charge in [-0.25, -0.2) is 4.79 Å². The van der Waals surface area contributed by atoms with Crippen LogP contribution in [0.4, 0.5) is 0 Å². The molecule has 0 amide bonds. The van der Waals surface area contributed by atoms with Gasteiger partial charge in [-0.2, -0.15) is 0 Å². The Bertz CT molecular complexity index is 1030. The molecule has 10 nitrogen and oxygen atoms in total. The van der Waals surface area contributed by atoms with E-state index in [-0.39, 0.29) is 31.1 Å². The van der Waals surface area contributed by atoms with Crippen molar-refractivity contribution in [3.8, 4) is 11.5 Å². The number of rotatable bonds is 9. The van der Waals surface area contributed by atoms with E-state index in [4.69, 9.17) is 18.9 Å². The van der Waals surface area contributed by atoms with E-state index in [2.05, 4.69) is 22.6 Å². The van der Waals surface area contributed by atoms with E-state index in [9.17, 15) is 19.8 Å². The molecule has 0 radical (unpaired) electrons. The zero-order chi connectivity index (χ0) is 30.7. The minimum atomic E-state index is -1.26. The van der Waals surface area contributed by atoms with Gasteiger partial charge in [0.25, 0.3) is 0 Å². The van der Waals surface area contributed by atoms with Crippen LogP contribution >= 0.6 is 0 Å². The number of carbonyl (C=O) groups is 2. The highest BCUT2D eigenvalue weighted by Crippen LogP contribution is 2.47. The van der Waals surface area contributed by atoms with Crippen molar-refractivity contribution in [3.63, 3.8) is 0 Å². The van der Waals surface area contributed by atoms with E-state index >= 15 is 0 Å². The fourth-order valence-electron chi connectivity index (χ4n) is 5.26. The van der Waals surface area contributed by atoms with E-state index in [1.165, 1.54) is 14.0 Å².